The molecule has 0 aromatic heterocycles. The molecular weight excluding hydrogens is 514 g/mol. The second-order valence-corrected chi connectivity index (χ2v) is 11.2. The minimum absolute atomic E-state index is 0.245. The third-order valence-corrected chi connectivity index (χ3v) is 7.35. The van der Waals surface area contributed by atoms with Gasteiger partial charge < -0.3 is 4.55 Å². The van der Waals surface area contributed by atoms with Crippen LogP contribution in [-0.2, 0) is 43.2 Å². The largest absolute Gasteiger partial charge is 0.726 e. The molecule has 0 heterocycles. The number of benzene rings is 2. The van der Waals surface area contributed by atoms with Crippen LogP contribution in [-0.4, -0.2) is 55.2 Å². The van der Waals surface area contributed by atoms with Gasteiger partial charge in [-0.15, -0.1) is 0 Å². The number of nitrogens with zero attached hydrogens (tertiary/aromatic N) is 3. The molecule has 0 amide bonds. The lowest BCUT2D eigenvalue weighted by Crippen LogP contribution is -2.38. The predicted molar refractivity (Wildman–Crippen MR) is 116 cm³/mol. The SMILES string of the molecule is Cc1ccc(S(=O)(=O)OC[C@H](N=[N+]=[N-])[C@@H](COS(=O)(=O)c2ccc(C)cc2)OS(=O)(=O)[O-])cc1. The minimum atomic E-state index is -5.45. The van der Waals surface area contributed by atoms with Gasteiger partial charge in [-0.05, 0) is 43.6 Å². The molecular formula is C18H20N3O10S3-. The molecule has 13 nitrogen and oxygen atoms in total. The average molecular weight is 535 g/mol. The third kappa shape index (κ3) is 8.34. The molecule has 0 N–H and O–H groups in total. The summed E-state index contributed by atoms with van der Waals surface area (Å²) < 4.78 is 96.9. The van der Waals surface area contributed by atoms with Crippen LogP contribution < -0.4 is 0 Å². The number of aryl methyl sites for hydroxylation is 2. The van der Waals surface area contributed by atoms with E-state index in [4.69, 9.17) is 13.9 Å². The van der Waals surface area contributed by atoms with Crippen LogP contribution in [0, 0.1) is 13.8 Å². The van der Waals surface area contributed by atoms with Crippen LogP contribution in [0.25, 0.3) is 10.4 Å². The highest BCUT2D eigenvalue weighted by Gasteiger charge is 2.30. The van der Waals surface area contributed by atoms with E-state index in [1.165, 1.54) is 48.5 Å². The van der Waals surface area contributed by atoms with Gasteiger partial charge in [-0.3, -0.25) is 12.5 Å². The van der Waals surface area contributed by atoms with E-state index in [0.717, 1.165) is 11.1 Å². The highest BCUT2D eigenvalue weighted by atomic mass is 32.3. The molecule has 0 aliphatic carbocycles. The van der Waals surface area contributed by atoms with Crippen molar-refractivity contribution in [2.24, 2.45) is 5.11 Å². The van der Waals surface area contributed by atoms with Crippen LogP contribution in [0.3, 0.4) is 0 Å². The third-order valence-electron chi connectivity index (χ3n) is 4.27. The van der Waals surface area contributed by atoms with Crippen molar-refractivity contribution in [1.29, 1.82) is 0 Å². The second kappa shape index (κ2) is 11.2. The van der Waals surface area contributed by atoms with E-state index in [1.54, 1.807) is 13.8 Å². The van der Waals surface area contributed by atoms with Gasteiger partial charge in [-0.2, -0.15) is 16.8 Å². The Balaban J connectivity index is 2.25. The average Bonchev–Trinajstić information content (AvgIpc) is 2.74. The zero-order valence-corrected chi connectivity index (χ0v) is 20.3. The van der Waals surface area contributed by atoms with Gasteiger partial charge in [0.2, 0.25) is 10.4 Å². The van der Waals surface area contributed by atoms with Crippen LogP contribution >= 0.6 is 0 Å². The van der Waals surface area contributed by atoms with E-state index in [1.807, 2.05) is 0 Å². The van der Waals surface area contributed by atoms with E-state index in [2.05, 4.69) is 14.2 Å². The summed E-state index contributed by atoms with van der Waals surface area (Å²) in [5.74, 6) is 0. The van der Waals surface area contributed by atoms with Crippen molar-refractivity contribution in [3.63, 3.8) is 0 Å². The Kier molecular flexibility index (Phi) is 9.15. The fourth-order valence-electron chi connectivity index (χ4n) is 2.50. The maximum Gasteiger partial charge on any atom is 0.297 e. The molecule has 0 radical (unpaired) electrons. The molecule has 2 aromatic rings. The van der Waals surface area contributed by atoms with Gasteiger partial charge in [0.25, 0.3) is 20.2 Å². The van der Waals surface area contributed by atoms with Gasteiger partial charge in [-0.25, -0.2) is 8.42 Å². The summed E-state index contributed by atoms with van der Waals surface area (Å²) in [6.07, 6.45) is -2.02. The molecule has 0 saturated heterocycles. The molecule has 0 bridgehead atoms. The zero-order chi connectivity index (χ0) is 25.6. The van der Waals surface area contributed by atoms with Gasteiger partial charge in [0.05, 0.1) is 29.0 Å². The van der Waals surface area contributed by atoms with E-state index >= 15 is 0 Å². The Bertz CT molecular complexity index is 1350. The molecule has 0 aliphatic rings. The van der Waals surface area contributed by atoms with Crippen LogP contribution in [0.2, 0.25) is 0 Å². The van der Waals surface area contributed by atoms with Crippen molar-refractivity contribution in [1.82, 2.24) is 0 Å². The smallest absolute Gasteiger partial charge is 0.297 e. The van der Waals surface area contributed by atoms with Crippen LogP contribution in [0.1, 0.15) is 11.1 Å². The van der Waals surface area contributed by atoms with Gasteiger partial charge in [-0.1, -0.05) is 40.5 Å². The molecule has 2 atom stereocenters. The quantitative estimate of drug-likeness (QED) is 0.0966. The summed E-state index contributed by atoms with van der Waals surface area (Å²) >= 11 is 0. The fraction of sp³-hybridized carbons (Fsp3) is 0.333. The summed E-state index contributed by atoms with van der Waals surface area (Å²) in [5.41, 5.74) is 10.3. The topological polar surface area (TPSA) is 202 Å². The van der Waals surface area contributed by atoms with Crippen molar-refractivity contribution in [3.05, 3.63) is 70.1 Å². The lowest BCUT2D eigenvalue weighted by molar-refractivity contribution is 0.0837. The van der Waals surface area contributed by atoms with Gasteiger partial charge in [0.15, 0.2) is 0 Å². The number of hydrogen-bond acceptors (Lipinski definition) is 11. The van der Waals surface area contributed by atoms with E-state index in [0.29, 0.717) is 0 Å². The molecule has 2 rings (SSSR count). The summed E-state index contributed by atoms with van der Waals surface area (Å²) in [5, 5.41) is 3.19. The second-order valence-electron chi connectivity index (χ2n) is 6.92. The van der Waals surface area contributed by atoms with Crippen molar-refractivity contribution >= 4 is 30.6 Å². The van der Waals surface area contributed by atoms with E-state index in [-0.39, 0.29) is 9.79 Å². The molecule has 0 saturated carbocycles. The van der Waals surface area contributed by atoms with Gasteiger partial charge >= 0.3 is 0 Å². The number of hydrogen-bond donors (Lipinski definition) is 0. The summed E-state index contributed by atoms with van der Waals surface area (Å²) in [7, 11) is -14.3. The standard InChI is InChI=1S/C18H21N3O10S3/c1-13-3-7-15(8-4-13)32(22,23)29-11-17(20-21-19)18(31-34(26,27)28)12-30-33(24,25)16-9-5-14(2)6-10-16/h3-10,17-18H,11-12H2,1-2H3,(H,26,27,28)/p-1/t17-,18+/m0/s1. The summed E-state index contributed by atoms with van der Waals surface area (Å²) in [6, 6.07) is 9.16. The molecule has 186 valence electrons. The monoisotopic (exact) mass is 534 g/mol. The van der Waals surface area contributed by atoms with Crippen LogP contribution in [0.5, 0.6) is 0 Å². The molecule has 0 spiro atoms. The number of azide groups is 1. The van der Waals surface area contributed by atoms with Crippen molar-refractivity contribution in [2.45, 2.75) is 35.8 Å². The fourth-order valence-corrected chi connectivity index (χ4v) is 4.83. The highest BCUT2D eigenvalue weighted by molar-refractivity contribution is 7.87. The lowest BCUT2D eigenvalue weighted by Gasteiger charge is -2.24. The Labute approximate surface area is 197 Å². The summed E-state index contributed by atoms with van der Waals surface area (Å²) in [4.78, 5) is 1.93. The molecule has 0 fully saturated rings. The first-order valence-corrected chi connectivity index (χ1v) is 13.5. The molecule has 0 aliphatic heterocycles. The first-order chi connectivity index (χ1) is 15.7. The maximum absolute atomic E-state index is 12.4. The van der Waals surface area contributed by atoms with Crippen LogP contribution in [0.4, 0.5) is 0 Å². The first kappa shape index (κ1) is 27.7. The Morgan fingerprint density at radius 1 is 0.824 bits per heavy atom. The normalized spacial score (nSPS) is 14.2. The summed E-state index contributed by atoms with van der Waals surface area (Å²) in [6.45, 7) is 1.37. The Hall–Kier alpha value is -2.56. The molecule has 34 heavy (non-hydrogen) atoms. The molecule has 2 aromatic carbocycles. The Morgan fingerprint density at radius 3 is 1.62 bits per heavy atom. The van der Waals surface area contributed by atoms with Crippen molar-refractivity contribution in [3.8, 4) is 0 Å². The van der Waals surface area contributed by atoms with Gasteiger partial charge in [0.1, 0.15) is 6.10 Å². The predicted octanol–water partition coefficient (Wildman–Crippen LogP) is 1.94. The van der Waals surface area contributed by atoms with Gasteiger partial charge in [0, 0.05) is 4.91 Å². The van der Waals surface area contributed by atoms with Crippen LogP contribution in [0.15, 0.2) is 63.4 Å². The minimum Gasteiger partial charge on any atom is -0.726 e. The lowest BCUT2D eigenvalue weighted by atomic mass is 10.2. The Morgan fingerprint density at radius 2 is 1.24 bits per heavy atom. The number of rotatable bonds is 12. The van der Waals surface area contributed by atoms with Crippen molar-refractivity contribution < 1.29 is 42.4 Å². The van der Waals surface area contributed by atoms with Crippen molar-refractivity contribution in [2.75, 3.05) is 13.2 Å². The zero-order valence-electron chi connectivity index (χ0n) is 17.8. The van der Waals surface area contributed by atoms with E-state index in [9.17, 15) is 29.8 Å². The highest BCUT2D eigenvalue weighted by Crippen LogP contribution is 2.19. The van der Waals surface area contributed by atoms with E-state index < -0.39 is 56.0 Å². The first-order valence-electron chi connectivity index (χ1n) is 9.34. The molecule has 16 heteroatoms. The maximum atomic E-state index is 12.4. The molecule has 0 unspecified atom stereocenters.